The number of benzene rings is 1. The maximum Gasteiger partial charge on any atom is 0.136 e. The van der Waals surface area contributed by atoms with Gasteiger partial charge in [-0.2, -0.15) is 5.10 Å². The molecule has 0 aliphatic heterocycles. The second-order valence-electron chi connectivity index (χ2n) is 4.42. The van der Waals surface area contributed by atoms with Crippen LogP contribution in [0, 0.1) is 5.92 Å². The van der Waals surface area contributed by atoms with Gasteiger partial charge in [-0.05, 0) is 27.4 Å². The van der Waals surface area contributed by atoms with Crippen LogP contribution in [0.2, 0.25) is 0 Å². The average Bonchev–Trinajstić information content (AvgIpc) is 2.63. The average molecular weight is 294 g/mol. The van der Waals surface area contributed by atoms with E-state index in [1.165, 1.54) is 5.56 Å². The van der Waals surface area contributed by atoms with Crippen LogP contribution >= 0.6 is 15.9 Å². The number of hydrogen-bond acceptors (Lipinski definition) is 2. The van der Waals surface area contributed by atoms with E-state index >= 15 is 0 Å². The van der Waals surface area contributed by atoms with E-state index in [4.69, 9.17) is 5.73 Å². The summed E-state index contributed by atoms with van der Waals surface area (Å²) in [5.74, 6) is 1.10. The molecule has 3 nitrogen and oxygen atoms in total. The van der Waals surface area contributed by atoms with Crippen LogP contribution in [0.5, 0.6) is 0 Å². The number of halogens is 1. The van der Waals surface area contributed by atoms with Crippen LogP contribution < -0.4 is 5.73 Å². The highest BCUT2D eigenvalue weighted by molar-refractivity contribution is 9.10. The summed E-state index contributed by atoms with van der Waals surface area (Å²) in [6.45, 7) is 4.35. The zero-order valence-corrected chi connectivity index (χ0v) is 11.6. The quantitative estimate of drug-likeness (QED) is 0.942. The first-order valence-electron chi connectivity index (χ1n) is 5.64. The van der Waals surface area contributed by atoms with Crippen molar-refractivity contribution < 1.29 is 0 Å². The third-order valence-electron chi connectivity index (χ3n) is 2.82. The van der Waals surface area contributed by atoms with Gasteiger partial charge in [0.05, 0.1) is 16.7 Å². The highest BCUT2D eigenvalue weighted by Gasteiger charge is 2.21. The fourth-order valence-corrected chi connectivity index (χ4v) is 2.30. The number of nitrogen functional groups attached to an aromatic ring is 1. The van der Waals surface area contributed by atoms with Crippen molar-refractivity contribution in [2.45, 2.75) is 19.9 Å². The van der Waals surface area contributed by atoms with Crippen molar-refractivity contribution in [3.05, 3.63) is 46.6 Å². The van der Waals surface area contributed by atoms with Crippen LogP contribution in [0.4, 0.5) is 5.82 Å². The fourth-order valence-electron chi connectivity index (χ4n) is 2.03. The van der Waals surface area contributed by atoms with E-state index in [1.54, 1.807) is 6.20 Å². The first-order chi connectivity index (χ1) is 8.11. The Morgan fingerprint density at radius 1 is 1.24 bits per heavy atom. The third kappa shape index (κ3) is 2.36. The Kier molecular flexibility index (Phi) is 3.52. The third-order valence-corrected chi connectivity index (χ3v) is 3.43. The summed E-state index contributed by atoms with van der Waals surface area (Å²) >= 11 is 3.40. The zero-order chi connectivity index (χ0) is 12.4. The van der Waals surface area contributed by atoms with E-state index in [9.17, 15) is 0 Å². The van der Waals surface area contributed by atoms with Crippen molar-refractivity contribution in [1.82, 2.24) is 9.78 Å². The normalized spacial score (nSPS) is 12.9. The molecule has 2 aromatic rings. The lowest BCUT2D eigenvalue weighted by molar-refractivity contribution is 0.407. The predicted octanol–water partition coefficient (Wildman–Crippen LogP) is 3.47. The predicted molar refractivity (Wildman–Crippen MR) is 73.8 cm³/mol. The Balaban J connectivity index is 2.47. The van der Waals surface area contributed by atoms with Gasteiger partial charge in [0.15, 0.2) is 0 Å². The van der Waals surface area contributed by atoms with Crippen molar-refractivity contribution >= 4 is 21.7 Å². The van der Waals surface area contributed by atoms with Gasteiger partial charge in [0, 0.05) is 0 Å². The van der Waals surface area contributed by atoms with Gasteiger partial charge in [-0.3, -0.25) is 0 Å². The largest absolute Gasteiger partial charge is 0.383 e. The summed E-state index contributed by atoms with van der Waals surface area (Å²) < 4.78 is 2.73. The number of nitrogens with zero attached hydrogens (tertiary/aromatic N) is 2. The standard InChI is InChI=1S/C13H16BrN3/c1-9(2)12(10-6-4-3-5-7-10)17-13(15)11(14)8-16-17/h3-9,12H,15H2,1-2H3. The second-order valence-corrected chi connectivity index (χ2v) is 5.28. The number of anilines is 1. The molecule has 1 unspecified atom stereocenters. The van der Waals surface area contributed by atoms with Gasteiger partial charge < -0.3 is 5.73 Å². The molecular weight excluding hydrogens is 278 g/mol. The molecule has 17 heavy (non-hydrogen) atoms. The Hall–Kier alpha value is -1.29. The maximum atomic E-state index is 6.03. The number of nitrogens with two attached hydrogens (primary N) is 1. The molecule has 0 saturated carbocycles. The minimum atomic E-state index is 0.169. The van der Waals surface area contributed by atoms with Crippen molar-refractivity contribution in [2.75, 3.05) is 5.73 Å². The molecule has 0 spiro atoms. The number of rotatable bonds is 3. The Morgan fingerprint density at radius 3 is 2.35 bits per heavy atom. The summed E-state index contributed by atoms with van der Waals surface area (Å²) in [6, 6.07) is 10.5. The van der Waals surface area contributed by atoms with Gasteiger partial charge in [0.2, 0.25) is 0 Å². The second kappa shape index (κ2) is 4.92. The summed E-state index contributed by atoms with van der Waals surface area (Å²) in [7, 11) is 0. The highest BCUT2D eigenvalue weighted by Crippen LogP contribution is 2.30. The van der Waals surface area contributed by atoms with E-state index in [0.717, 1.165) is 4.47 Å². The van der Waals surface area contributed by atoms with E-state index < -0.39 is 0 Å². The molecule has 0 radical (unpaired) electrons. The van der Waals surface area contributed by atoms with E-state index in [0.29, 0.717) is 11.7 Å². The van der Waals surface area contributed by atoms with Crippen molar-refractivity contribution in [1.29, 1.82) is 0 Å². The molecular formula is C13H16BrN3. The molecule has 0 saturated heterocycles. The van der Waals surface area contributed by atoms with Crippen molar-refractivity contribution in [2.24, 2.45) is 5.92 Å². The van der Waals surface area contributed by atoms with Gasteiger partial charge >= 0.3 is 0 Å². The Morgan fingerprint density at radius 2 is 1.88 bits per heavy atom. The molecule has 1 atom stereocenters. The SMILES string of the molecule is CC(C)C(c1ccccc1)n1ncc(Br)c1N. The minimum absolute atomic E-state index is 0.169. The zero-order valence-electron chi connectivity index (χ0n) is 9.97. The lowest BCUT2D eigenvalue weighted by Crippen LogP contribution is -2.19. The summed E-state index contributed by atoms with van der Waals surface area (Å²) in [6.07, 6.45) is 1.74. The van der Waals surface area contributed by atoms with E-state index in [-0.39, 0.29) is 6.04 Å². The number of aromatic nitrogens is 2. The molecule has 2 rings (SSSR count). The van der Waals surface area contributed by atoms with Crippen LogP contribution in [0.15, 0.2) is 41.0 Å². The Labute approximate surface area is 110 Å². The highest BCUT2D eigenvalue weighted by atomic mass is 79.9. The van der Waals surface area contributed by atoms with Crippen molar-refractivity contribution in [3.8, 4) is 0 Å². The molecule has 0 amide bonds. The first kappa shape index (κ1) is 12.2. The first-order valence-corrected chi connectivity index (χ1v) is 6.44. The minimum Gasteiger partial charge on any atom is -0.383 e. The lowest BCUT2D eigenvalue weighted by Gasteiger charge is -2.23. The van der Waals surface area contributed by atoms with Gasteiger partial charge in [-0.15, -0.1) is 0 Å². The van der Waals surface area contributed by atoms with Crippen LogP contribution in [0.1, 0.15) is 25.5 Å². The smallest absolute Gasteiger partial charge is 0.136 e. The molecule has 0 aliphatic carbocycles. The van der Waals surface area contributed by atoms with Gasteiger partial charge in [0.25, 0.3) is 0 Å². The molecule has 0 aliphatic rings. The molecule has 4 heteroatoms. The summed E-state index contributed by atoms with van der Waals surface area (Å²) in [5.41, 5.74) is 7.26. The molecule has 1 aromatic heterocycles. The van der Waals surface area contributed by atoms with Gasteiger partial charge in [-0.1, -0.05) is 44.2 Å². The fraction of sp³-hybridized carbons (Fsp3) is 0.308. The molecule has 1 aromatic carbocycles. The Bertz CT molecular complexity index is 491. The summed E-state index contributed by atoms with van der Waals surface area (Å²) in [4.78, 5) is 0. The lowest BCUT2D eigenvalue weighted by atomic mass is 9.96. The molecule has 2 N–H and O–H groups in total. The van der Waals surface area contributed by atoms with Crippen LogP contribution in [-0.2, 0) is 0 Å². The molecule has 0 bridgehead atoms. The summed E-state index contributed by atoms with van der Waals surface area (Å²) in [5, 5.41) is 4.36. The molecule has 90 valence electrons. The van der Waals surface area contributed by atoms with Gasteiger partial charge in [0.1, 0.15) is 5.82 Å². The monoisotopic (exact) mass is 293 g/mol. The van der Waals surface area contributed by atoms with Crippen molar-refractivity contribution in [3.63, 3.8) is 0 Å². The van der Waals surface area contributed by atoms with E-state index in [2.05, 4.69) is 47.0 Å². The van der Waals surface area contributed by atoms with Crippen LogP contribution in [-0.4, -0.2) is 9.78 Å². The molecule has 0 fully saturated rings. The van der Waals surface area contributed by atoms with E-state index in [1.807, 2.05) is 22.9 Å². The molecule has 1 heterocycles. The topological polar surface area (TPSA) is 43.8 Å². The maximum absolute atomic E-state index is 6.03. The number of hydrogen-bond donors (Lipinski definition) is 1. The van der Waals surface area contributed by atoms with Crippen LogP contribution in [0.25, 0.3) is 0 Å². The van der Waals surface area contributed by atoms with Gasteiger partial charge in [-0.25, -0.2) is 4.68 Å². The van der Waals surface area contributed by atoms with Crippen LogP contribution in [0.3, 0.4) is 0 Å².